The van der Waals surface area contributed by atoms with Crippen molar-refractivity contribution in [2.24, 2.45) is 0 Å². The minimum Gasteiger partial charge on any atom is -0.344 e. The number of hydrogen-bond acceptors (Lipinski definition) is 3. The fourth-order valence-electron chi connectivity index (χ4n) is 2.45. The number of likely N-dealkylation sites (tertiary alicyclic amines) is 1. The lowest BCUT2D eigenvalue weighted by Crippen LogP contribution is -2.39. The molecule has 1 unspecified atom stereocenters. The molecule has 0 bridgehead atoms. The summed E-state index contributed by atoms with van der Waals surface area (Å²) in [6, 6.07) is 1.07. The van der Waals surface area contributed by atoms with Crippen LogP contribution in [0.4, 0.5) is 0 Å². The van der Waals surface area contributed by atoms with Crippen molar-refractivity contribution >= 4 is 5.91 Å². The molecule has 1 fully saturated rings. The van der Waals surface area contributed by atoms with Gasteiger partial charge in [0, 0.05) is 32.1 Å². The third-order valence-electron chi connectivity index (χ3n) is 3.70. The number of nitrogens with one attached hydrogen (secondary N) is 1. The highest BCUT2D eigenvalue weighted by Crippen LogP contribution is 2.15. The first-order valence-corrected chi connectivity index (χ1v) is 7.18. The van der Waals surface area contributed by atoms with E-state index in [1.54, 1.807) is 0 Å². The van der Waals surface area contributed by atoms with Crippen molar-refractivity contribution in [1.29, 1.82) is 0 Å². The summed E-state index contributed by atoms with van der Waals surface area (Å²) in [6.07, 6.45) is 4.08. The Morgan fingerprint density at radius 2 is 2.22 bits per heavy atom. The molecule has 1 rings (SSSR count). The van der Waals surface area contributed by atoms with Gasteiger partial charge in [0.1, 0.15) is 0 Å². The maximum absolute atomic E-state index is 12.0. The van der Waals surface area contributed by atoms with Crippen molar-refractivity contribution in [3.63, 3.8) is 0 Å². The quantitative estimate of drug-likeness (QED) is 0.697. The number of likely N-dealkylation sites (N-methyl/N-ethyl adjacent to an activating group) is 2. The van der Waals surface area contributed by atoms with Gasteiger partial charge in [0.25, 0.3) is 0 Å². The van der Waals surface area contributed by atoms with Crippen molar-refractivity contribution in [2.75, 3.05) is 33.7 Å². The summed E-state index contributed by atoms with van der Waals surface area (Å²) < 4.78 is 0. The molecule has 0 aromatic rings. The molecule has 1 aliphatic heterocycles. The van der Waals surface area contributed by atoms with Crippen LogP contribution in [-0.2, 0) is 4.79 Å². The van der Waals surface area contributed by atoms with Gasteiger partial charge in [-0.1, -0.05) is 13.8 Å². The molecule has 106 valence electrons. The van der Waals surface area contributed by atoms with Crippen LogP contribution >= 0.6 is 0 Å². The van der Waals surface area contributed by atoms with E-state index in [1.807, 2.05) is 11.9 Å². The van der Waals surface area contributed by atoms with Gasteiger partial charge in [-0.3, -0.25) is 4.79 Å². The van der Waals surface area contributed by atoms with E-state index in [9.17, 15) is 4.79 Å². The van der Waals surface area contributed by atoms with Crippen LogP contribution in [0.2, 0.25) is 0 Å². The lowest BCUT2D eigenvalue weighted by Gasteiger charge is -2.26. The van der Waals surface area contributed by atoms with Crippen LogP contribution in [0.1, 0.15) is 39.5 Å². The van der Waals surface area contributed by atoms with E-state index in [0.717, 1.165) is 19.5 Å². The third kappa shape index (κ3) is 5.36. The summed E-state index contributed by atoms with van der Waals surface area (Å²) in [6.45, 7) is 7.24. The van der Waals surface area contributed by atoms with Gasteiger partial charge in [-0.25, -0.2) is 0 Å². The molecule has 0 spiro atoms. The van der Waals surface area contributed by atoms with E-state index in [-0.39, 0.29) is 5.91 Å². The molecule has 18 heavy (non-hydrogen) atoms. The number of hydrogen-bond donors (Lipinski definition) is 1. The highest BCUT2D eigenvalue weighted by atomic mass is 16.2. The van der Waals surface area contributed by atoms with Crippen molar-refractivity contribution in [2.45, 2.75) is 51.6 Å². The first-order chi connectivity index (χ1) is 8.50. The van der Waals surface area contributed by atoms with Crippen molar-refractivity contribution in [1.82, 2.24) is 15.1 Å². The SMILES string of the molecule is CC(C)NCCCC(=O)N(C)CC1CCCN1C. The minimum absolute atomic E-state index is 0.279. The topological polar surface area (TPSA) is 35.6 Å². The smallest absolute Gasteiger partial charge is 0.222 e. The summed E-state index contributed by atoms with van der Waals surface area (Å²) in [7, 11) is 4.09. The summed E-state index contributed by atoms with van der Waals surface area (Å²) in [5.41, 5.74) is 0. The zero-order chi connectivity index (χ0) is 13.5. The summed E-state index contributed by atoms with van der Waals surface area (Å²) in [4.78, 5) is 16.2. The van der Waals surface area contributed by atoms with Gasteiger partial charge in [-0.05, 0) is 39.4 Å². The maximum atomic E-state index is 12.0. The Morgan fingerprint density at radius 1 is 1.50 bits per heavy atom. The molecule has 1 heterocycles. The highest BCUT2D eigenvalue weighted by Gasteiger charge is 2.23. The highest BCUT2D eigenvalue weighted by molar-refractivity contribution is 5.75. The van der Waals surface area contributed by atoms with E-state index in [2.05, 4.69) is 31.1 Å². The molecular formula is C14H29N3O. The van der Waals surface area contributed by atoms with Gasteiger partial charge in [-0.15, -0.1) is 0 Å². The molecule has 0 aromatic heterocycles. The zero-order valence-electron chi connectivity index (χ0n) is 12.4. The molecule has 1 atom stereocenters. The zero-order valence-corrected chi connectivity index (χ0v) is 12.4. The Labute approximate surface area is 112 Å². The molecule has 4 nitrogen and oxygen atoms in total. The Kier molecular flexibility index (Phi) is 6.65. The van der Waals surface area contributed by atoms with Crippen molar-refractivity contribution in [3.05, 3.63) is 0 Å². The van der Waals surface area contributed by atoms with Gasteiger partial charge >= 0.3 is 0 Å². The molecule has 0 aliphatic carbocycles. The lowest BCUT2D eigenvalue weighted by atomic mass is 10.2. The van der Waals surface area contributed by atoms with E-state index in [4.69, 9.17) is 0 Å². The van der Waals surface area contributed by atoms with Crippen LogP contribution < -0.4 is 5.32 Å². The number of rotatable bonds is 7. The van der Waals surface area contributed by atoms with E-state index >= 15 is 0 Å². The van der Waals surface area contributed by atoms with E-state index in [0.29, 0.717) is 18.5 Å². The number of carbonyl (C=O) groups is 1. The molecule has 1 N–H and O–H groups in total. The Morgan fingerprint density at radius 3 is 2.78 bits per heavy atom. The fourth-order valence-corrected chi connectivity index (χ4v) is 2.45. The van der Waals surface area contributed by atoms with Crippen LogP contribution in [0.3, 0.4) is 0 Å². The fraction of sp³-hybridized carbons (Fsp3) is 0.929. The normalized spacial score (nSPS) is 20.6. The standard InChI is InChI=1S/C14H29N3O/c1-12(2)15-9-5-8-14(18)17(4)11-13-7-6-10-16(13)3/h12-13,15H,5-11H2,1-4H3. The third-order valence-corrected chi connectivity index (χ3v) is 3.70. The first kappa shape index (κ1) is 15.4. The van der Waals surface area contributed by atoms with Crippen molar-refractivity contribution < 1.29 is 4.79 Å². The molecule has 1 aliphatic rings. The van der Waals surface area contributed by atoms with E-state index in [1.165, 1.54) is 19.4 Å². The van der Waals surface area contributed by atoms with Crippen LogP contribution in [0.25, 0.3) is 0 Å². The second kappa shape index (κ2) is 7.74. The van der Waals surface area contributed by atoms with E-state index < -0.39 is 0 Å². The molecule has 1 amide bonds. The predicted molar refractivity (Wildman–Crippen MR) is 75.7 cm³/mol. The molecule has 0 aromatic carbocycles. The number of amides is 1. The maximum Gasteiger partial charge on any atom is 0.222 e. The second-order valence-corrected chi connectivity index (χ2v) is 5.76. The van der Waals surface area contributed by atoms with Gasteiger partial charge in [0.2, 0.25) is 5.91 Å². The van der Waals surface area contributed by atoms with Gasteiger partial charge < -0.3 is 15.1 Å². The molecular weight excluding hydrogens is 226 g/mol. The van der Waals surface area contributed by atoms with Crippen molar-refractivity contribution in [3.8, 4) is 0 Å². The second-order valence-electron chi connectivity index (χ2n) is 5.76. The monoisotopic (exact) mass is 255 g/mol. The summed E-state index contributed by atoms with van der Waals surface area (Å²) >= 11 is 0. The molecule has 0 radical (unpaired) electrons. The van der Waals surface area contributed by atoms with Crippen LogP contribution in [0.15, 0.2) is 0 Å². The van der Waals surface area contributed by atoms with Gasteiger partial charge in [0.15, 0.2) is 0 Å². The Hall–Kier alpha value is -0.610. The molecule has 1 saturated heterocycles. The summed E-state index contributed by atoms with van der Waals surface area (Å²) in [5, 5.41) is 3.34. The van der Waals surface area contributed by atoms with Gasteiger partial charge in [0.05, 0.1) is 0 Å². The molecule has 4 heteroatoms. The minimum atomic E-state index is 0.279. The summed E-state index contributed by atoms with van der Waals surface area (Å²) in [5.74, 6) is 0.279. The lowest BCUT2D eigenvalue weighted by molar-refractivity contribution is -0.130. The Balaban J connectivity index is 2.16. The molecule has 0 saturated carbocycles. The average Bonchev–Trinajstić information content (AvgIpc) is 2.70. The van der Waals surface area contributed by atoms with Crippen LogP contribution in [-0.4, -0.2) is 61.5 Å². The van der Waals surface area contributed by atoms with Gasteiger partial charge in [-0.2, -0.15) is 0 Å². The largest absolute Gasteiger partial charge is 0.344 e. The average molecular weight is 255 g/mol. The van der Waals surface area contributed by atoms with Crippen LogP contribution in [0, 0.1) is 0 Å². The number of carbonyl (C=O) groups excluding carboxylic acids is 1. The first-order valence-electron chi connectivity index (χ1n) is 7.18. The number of nitrogens with zero attached hydrogens (tertiary/aromatic N) is 2. The van der Waals surface area contributed by atoms with Crippen LogP contribution in [0.5, 0.6) is 0 Å². The Bertz CT molecular complexity index is 255. The predicted octanol–water partition coefficient (Wildman–Crippen LogP) is 1.32.